The van der Waals surface area contributed by atoms with Crippen LogP contribution in [-0.2, 0) is 9.59 Å². The van der Waals surface area contributed by atoms with Crippen LogP contribution in [0.2, 0.25) is 5.15 Å². The molecule has 0 spiro atoms. The summed E-state index contributed by atoms with van der Waals surface area (Å²) >= 11 is 8.85. The summed E-state index contributed by atoms with van der Waals surface area (Å²) in [6.45, 7) is 0.0980. The van der Waals surface area contributed by atoms with Crippen LogP contribution >= 0.6 is 27.5 Å². The average Bonchev–Trinajstić information content (AvgIpc) is 2.65. The van der Waals surface area contributed by atoms with Crippen molar-refractivity contribution in [2.24, 2.45) is 5.92 Å². The van der Waals surface area contributed by atoms with Gasteiger partial charge in [0.2, 0.25) is 5.91 Å². The van der Waals surface area contributed by atoms with E-state index in [1.807, 2.05) is 0 Å². The average molecular weight is 321 g/mol. The fourth-order valence-corrected chi connectivity index (χ4v) is 1.89. The first-order chi connectivity index (χ1) is 7.99. The van der Waals surface area contributed by atoms with Crippen molar-refractivity contribution in [1.29, 1.82) is 0 Å². The van der Waals surface area contributed by atoms with Crippen LogP contribution in [-0.4, -0.2) is 33.5 Å². The molecule has 0 bridgehead atoms. The molecule has 1 unspecified atom stereocenters. The molecule has 0 aliphatic carbocycles. The number of aliphatic carboxylic acids is 1. The van der Waals surface area contributed by atoms with E-state index in [1.165, 1.54) is 11.1 Å². The van der Waals surface area contributed by atoms with Crippen LogP contribution in [0.25, 0.3) is 0 Å². The number of rotatable bonds is 2. The minimum atomic E-state index is -0.989. The van der Waals surface area contributed by atoms with Crippen LogP contribution in [0, 0.1) is 5.92 Å². The van der Waals surface area contributed by atoms with Gasteiger partial charge in [0.05, 0.1) is 12.1 Å². The third kappa shape index (κ3) is 2.39. The van der Waals surface area contributed by atoms with E-state index in [-0.39, 0.29) is 29.8 Å². The van der Waals surface area contributed by atoms with E-state index in [1.54, 1.807) is 0 Å². The zero-order valence-electron chi connectivity index (χ0n) is 8.43. The molecule has 90 valence electrons. The maximum absolute atomic E-state index is 11.6. The molecule has 2 rings (SSSR count). The van der Waals surface area contributed by atoms with Crippen LogP contribution in [0.1, 0.15) is 6.42 Å². The predicted octanol–water partition coefficient (Wildman–Crippen LogP) is 1.33. The van der Waals surface area contributed by atoms with E-state index in [0.29, 0.717) is 4.60 Å². The maximum Gasteiger partial charge on any atom is 0.308 e. The summed E-state index contributed by atoms with van der Waals surface area (Å²) in [5.41, 5.74) is 0. The minimum absolute atomic E-state index is 0.0231. The predicted molar refractivity (Wildman–Crippen MR) is 62.8 cm³/mol. The van der Waals surface area contributed by atoms with Crippen molar-refractivity contribution in [1.82, 2.24) is 9.97 Å². The Balaban J connectivity index is 2.26. The highest BCUT2D eigenvalue weighted by Gasteiger charge is 2.35. The van der Waals surface area contributed by atoms with Crippen molar-refractivity contribution in [2.75, 3.05) is 11.4 Å². The Hall–Kier alpha value is -1.21. The lowest BCUT2D eigenvalue weighted by atomic mass is 10.1. The normalized spacial score (nSPS) is 19.8. The molecule has 1 amide bonds. The monoisotopic (exact) mass is 319 g/mol. The third-order valence-electron chi connectivity index (χ3n) is 2.43. The van der Waals surface area contributed by atoms with Crippen LogP contribution in [0.4, 0.5) is 5.82 Å². The molecule has 17 heavy (non-hydrogen) atoms. The number of carboxylic acid groups (broad SMARTS) is 1. The molecule has 2 heterocycles. The second kappa shape index (κ2) is 4.58. The number of carbonyl (C=O) groups is 2. The molecule has 0 saturated carbocycles. The van der Waals surface area contributed by atoms with Crippen molar-refractivity contribution < 1.29 is 14.7 Å². The fourth-order valence-electron chi connectivity index (χ4n) is 1.57. The molecular formula is C9H7BrClN3O3. The highest BCUT2D eigenvalue weighted by atomic mass is 79.9. The summed E-state index contributed by atoms with van der Waals surface area (Å²) in [6, 6.07) is 0. The minimum Gasteiger partial charge on any atom is -0.481 e. The summed E-state index contributed by atoms with van der Waals surface area (Å²) in [5, 5.41) is 8.98. The second-order valence-electron chi connectivity index (χ2n) is 3.55. The first-order valence-electron chi connectivity index (χ1n) is 4.70. The van der Waals surface area contributed by atoms with E-state index >= 15 is 0 Å². The Labute approximate surface area is 110 Å². The van der Waals surface area contributed by atoms with Crippen LogP contribution in [0.5, 0.6) is 0 Å². The third-order valence-corrected chi connectivity index (χ3v) is 3.50. The number of amides is 1. The largest absolute Gasteiger partial charge is 0.481 e. The van der Waals surface area contributed by atoms with Gasteiger partial charge in [0.25, 0.3) is 0 Å². The highest BCUT2D eigenvalue weighted by Crippen LogP contribution is 2.26. The standard InChI is InChI=1S/C9H7BrClN3O3/c10-7-8(11)13-5(2-12-7)14-3-4(9(16)17)1-6(14)15/h2,4H,1,3H2,(H,16,17). The Morgan fingerprint density at radius 3 is 2.88 bits per heavy atom. The molecule has 0 radical (unpaired) electrons. The van der Waals surface area contributed by atoms with Crippen LogP contribution in [0.15, 0.2) is 10.8 Å². The van der Waals surface area contributed by atoms with Gasteiger partial charge in [-0.15, -0.1) is 0 Å². The van der Waals surface area contributed by atoms with Gasteiger partial charge in [-0.05, 0) is 15.9 Å². The smallest absolute Gasteiger partial charge is 0.308 e. The lowest BCUT2D eigenvalue weighted by molar-refractivity contribution is -0.141. The van der Waals surface area contributed by atoms with Crippen molar-refractivity contribution in [2.45, 2.75) is 6.42 Å². The quantitative estimate of drug-likeness (QED) is 0.889. The zero-order valence-corrected chi connectivity index (χ0v) is 10.8. The van der Waals surface area contributed by atoms with E-state index in [0.717, 1.165) is 0 Å². The molecule has 6 nitrogen and oxygen atoms in total. The first kappa shape index (κ1) is 12.3. The summed E-state index contributed by atoms with van der Waals surface area (Å²) in [7, 11) is 0. The Morgan fingerprint density at radius 1 is 1.65 bits per heavy atom. The first-order valence-corrected chi connectivity index (χ1v) is 5.87. The van der Waals surface area contributed by atoms with Crippen molar-refractivity contribution in [3.8, 4) is 0 Å². The SMILES string of the molecule is O=C(O)C1CC(=O)N(c2cnc(Br)c(Cl)n2)C1. The van der Waals surface area contributed by atoms with E-state index in [4.69, 9.17) is 16.7 Å². The van der Waals surface area contributed by atoms with Gasteiger partial charge in [0.1, 0.15) is 4.60 Å². The summed E-state index contributed by atoms with van der Waals surface area (Å²) in [6.07, 6.45) is 1.35. The number of carboxylic acids is 1. The number of anilines is 1. The van der Waals surface area contributed by atoms with Crippen LogP contribution in [0.3, 0.4) is 0 Å². The summed E-state index contributed by atoms with van der Waals surface area (Å²) < 4.78 is 0.379. The van der Waals surface area contributed by atoms with Gasteiger partial charge in [0, 0.05) is 13.0 Å². The molecule has 1 fully saturated rings. The Bertz CT molecular complexity index is 496. The summed E-state index contributed by atoms with van der Waals surface area (Å²) in [4.78, 5) is 31.6. The topological polar surface area (TPSA) is 83.4 Å². The van der Waals surface area contributed by atoms with E-state index < -0.39 is 11.9 Å². The number of nitrogens with zero attached hydrogens (tertiary/aromatic N) is 3. The molecule has 1 atom stereocenters. The lowest BCUT2D eigenvalue weighted by Crippen LogP contribution is -2.26. The van der Waals surface area contributed by atoms with Gasteiger partial charge < -0.3 is 5.11 Å². The van der Waals surface area contributed by atoms with E-state index in [9.17, 15) is 9.59 Å². The second-order valence-corrected chi connectivity index (χ2v) is 4.66. The molecule has 1 aromatic rings. The number of carbonyl (C=O) groups excluding carboxylic acids is 1. The van der Waals surface area contributed by atoms with Crippen LogP contribution < -0.4 is 4.90 Å². The molecule has 1 aliphatic rings. The summed E-state index contributed by atoms with van der Waals surface area (Å²) in [5.74, 6) is -1.71. The van der Waals surface area contributed by atoms with E-state index in [2.05, 4.69) is 25.9 Å². The van der Waals surface area contributed by atoms with Crippen molar-refractivity contribution in [3.05, 3.63) is 16.0 Å². The molecule has 1 saturated heterocycles. The number of hydrogen-bond acceptors (Lipinski definition) is 4. The Morgan fingerprint density at radius 2 is 2.35 bits per heavy atom. The molecule has 1 aliphatic heterocycles. The molecular weight excluding hydrogens is 313 g/mol. The van der Waals surface area contributed by atoms with Gasteiger partial charge in [-0.1, -0.05) is 11.6 Å². The van der Waals surface area contributed by atoms with Crippen molar-refractivity contribution in [3.63, 3.8) is 0 Å². The van der Waals surface area contributed by atoms with Gasteiger partial charge in [0.15, 0.2) is 11.0 Å². The fraction of sp³-hybridized carbons (Fsp3) is 0.333. The van der Waals surface area contributed by atoms with Gasteiger partial charge in [-0.2, -0.15) is 0 Å². The molecule has 0 aromatic carbocycles. The van der Waals surface area contributed by atoms with Gasteiger partial charge in [-0.3, -0.25) is 14.5 Å². The van der Waals surface area contributed by atoms with Gasteiger partial charge in [-0.25, -0.2) is 9.97 Å². The molecule has 1 N–H and O–H groups in total. The zero-order chi connectivity index (χ0) is 12.6. The van der Waals surface area contributed by atoms with Gasteiger partial charge >= 0.3 is 5.97 Å². The number of halogens is 2. The number of aromatic nitrogens is 2. The lowest BCUT2D eigenvalue weighted by Gasteiger charge is -2.14. The number of hydrogen-bond donors (Lipinski definition) is 1. The Kier molecular flexibility index (Phi) is 3.30. The molecule has 1 aromatic heterocycles. The molecule has 8 heteroatoms. The van der Waals surface area contributed by atoms with Crippen molar-refractivity contribution >= 4 is 45.2 Å². The highest BCUT2D eigenvalue weighted by molar-refractivity contribution is 9.10. The maximum atomic E-state index is 11.6.